The zero-order valence-electron chi connectivity index (χ0n) is 17.8. The van der Waals surface area contributed by atoms with E-state index >= 15 is 0 Å². The second kappa shape index (κ2) is 7.69. The molecular weight excluding hydrogens is 432 g/mol. The van der Waals surface area contributed by atoms with Crippen LogP contribution in [0.3, 0.4) is 0 Å². The summed E-state index contributed by atoms with van der Waals surface area (Å²) in [4.78, 5) is 26.4. The van der Waals surface area contributed by atoms with Gasteiger partial charge < -0.3 is 9.47 Å². The van der Waals surface area contributed by atoms with Crippen LogP contribution in [0.5, 0.6) is 11.5 Å². The van der Waals surface area contributed by atoms with Gasteiger partial charge in [-0.3, -0.25) is 9.59 Å². The minimum atomic E-state index is -1.04. The van der Waals surface area contributed by atoms with Gasteiger partial charge in [0.2, 0.25) is 0 Å². The van der Waals surface area contributed by atoms with Crippen molar-refractivity contribution >= 4 is 27.5 Å². The second-order valence-corrected chi connectivity index (χ2v) is 9.43. The SMILES string of the molecule is CCc1ccc(Oc2ccc(Br)cc2C)cc1C1C(=O)C(C)(C)OC(C)(C)C1=O. The third kappa shape index (κ3) is 4.17. The monoisotopic (exact) mass is 458 g/mol. The van der Waals surface area contributed by atoms with Gasteiger partial charge in [0.1, 0.15) is 28.6 Å². The summed E-state index contributed by atoms with van der Waals surface area (Å²) in [5.74, 6) is 0.0410. The zero-order valence-corrected chi connectivity index (χ0v) is 19.3. The topological polar surface area (TPSA) is 52.6 Å². The molecule has 4 nitrogen and oxygen atoms in total. The summed E-state index contributed by atoms with van der Waals surface area (Å²) in [7, 11) is 0. The predicted octanol–water partition coefficient (Wildman–Crippen LogP) is 5.92. The van der Waals surface area contributed by atoms with Crippen molar-refractivity contribution in [1.82, 2.24) is 0 Å². The minimum Gasteiger partial charge on any atom is -0.457 e. The van der Waals surface area contributed by atoms with Crippen LogP contribution in [-0.4, -0.2) is 22.8 Å². The first-order valence-electron chi connectivity index (χ1n) is 9.82. The first kappa shape index (κ1) is 21.7. The summed E-state index contributed by atoms with van der Waals surface area (Å²) < 4.78 is 12.9. The Balaban J connectivity index is 2.07. The van der Waals surface area contributed by atoms with Crippen LogP contribution < -0.4 is 4.74 Å². The average Bonchev–Trinajstić information content (AvgIpc) is 2.62. The van der Waals surface area contributed by atoms with Gasteiger partial charge in [0.15, 0.2) is 11.6 Å². The molecule has 0 atom stereocenters. The van der Waals surface area contributed by atoms with Crippen LogP contribution in [0.4, 0.5) is 0 Å². The molecule has 0 unspecified atom stereocenters. The quantitative estimate of drug-likeness (QED) is 0.533. The summed E-state index contributed by atoms with van der Waals surface area (Å²) >= 11 is 3.46. The van der Waals surface area contributed by atoms with Gasteiger partial charge in [0.05, 0.1) is 0 Å². The molecule has 1 aliphatic rings. The fourth-order valence-electron chi connectivity index (χ4n) is 3.92. The maximum absolute atomic E-state index is 13.2. The summed E-state index contributed by atoms with van der Waals surface area (Å²) in [6.07, 6.45) is 0.714. The molecular formula is C24H27BrO4. The highest BCUT2D eigenvalue weighted by atomic mass is 79.9. The Kier molecular flexibility index (Phi) is 5.76. The van der Waals surface area contributed by atoms with Gasteiger partial charge >= 0.3 is 0 Å². The van der Waals surface area contributed by atoms with Crippen molar-refractivity contribution in [3.05, 3.63) is 57.6 Å². The molecule has 0 aromatic heterocycles. The Bertz CT molecular complexity index is 949. The van der Waals surface area contributed by atoms with E-state index in [1.54, 1.807) is 27.7 Å². The molecule has 0 N–H and O–H groups in total. The van der Waals surface area contributed by atoms with Crippen molar-refractivity contribution in [2.24, 2.45) is 0 Å². The number of halogens is 1. The van der Waals surface area contributed by atoms with Gasteiger partial charge in [-0.25, -0.2) is 0 Å². The summed E-state index contributed by atoms with van der Waals surface area (Å²) in [5.41, 5.74) is 0.587. The van der Waals surface area contributed by atoms with Crippen LogP contribution in [-0.2, 0) is 20.7 Å². The first-order valence-corrected chi connectivity index (χ1v) is 10.6. The maximum atomic E-state index is 13.2. The molecule has 1 aliphatic heterocycles. The molecule has 0 aliphatic carbocycles. The number of hydrogen-bond donors (Lipinski definition) is 0. The van der Waals surface area contributed by atoms with E-state index in [1.807, 2.05) is 50.2 Å². The molecule has 0 amide bonds. The van der Waals surface area contributed by atoms with E-state index in [-0.39, 0.29) is 11.6 Å². The minimum absolute atomic E-state index is 0.214. The summed E-state index contributed by atoms with van der Waals surface area (Å²) in [5, 5.41) is 0. The van der Waals surface area contributed by atoms with E-state index < -0.39 is 17.1 Å². The van der Waals surface area contributed by atoms with Gasteiger partial charge in [-0.05, 0) is 88.1 Å². The lowest BCUT2D eigenvalue weighted by atomic mass is 9.73. The second-order valence-electron chi connectivity index (χ2n) is 8.51. The smallest absolute Gasteiger partial charge is 0.179 e. The molecule has 3 rings (SSSR count). The third-order valence-electron chi connectivity index (χ3n) is 5.40. The number of ether oxygens (including phenoxy) is 2. The largest absolute Gasteiger partial charge is 0.457 e. The van der Waals surface area contributed by atoms with Crippen LogP contribution in [0.25, 0.3) is 0 Å². The molecule has 1 heterocycles. The normalized spacial score (nSPS) is 18.7. The Hall–Kier alpha value is -1.98. The molecule has 2 aromatic carbocycles. The van der Waals surface area contributed by atoms with Crippen molar-refractivity contribution in [3.8, 4) is 11.5 Å². The third-order valence-corrected chi connectivity index (χ3v) is 5.89. The molecule has 1 fully saturated rings. The molecule has 0 bridgehead atoms. The van der Waals surface area contributed by atoms with Crippen LogP contribution in [0.1, 0.15) is 57.2 Å². The number of hydrogen-bond acceptors (Lipinski definition) is 4. The van der Waals surface area contributed by atoms with Crippen molar-refractivity contribution in [3.63, 3.8) is 0 Å². The number of ketones is 2. The average molecular weight is 459 g/mol. The Morgan fingerprint density at radius 2 is 1.62 bits per heavy atom. The molecule has 1 saturated heterocycles. The fraction of sp³-hybridized carbons (Fsp3) is 0.417. The summed E-state index contributed by atoms with van der Waals surface area (Å²) in [6.45, 7) is 10.9. The highest BCUT2D eigenvalue weighted by molar-refractivity contribution is 9.10. The predicted molar refractivity (Wildman–Crippen MR) is 117 cm³/mol. The Morgan fingerprint density at radius 1 is 1.00 bits per heavy atom. The molecule has 0 radical (unpaired) electrons. The van der Waals surface area contributed by atoms with E-state index in [0.29, 0.717) is 17.7 Å². The van der Waals surface area contributed by atoms with Crippen molar-refractivity contribution < 1.29 is 19.1 Å². The van der Waals surface area contributed by atoms with E-state index in [0.717, 1.165) is 21.3 Å². The number of Topliss-reactive ketones (excluding diaryl/α,β-unsaturated/α-hetero) is 2. The van der Waals surface area contributed by atoms with E-state index in [2.05, 4.69) is 15.9 Å². The number of rotatable bonds is 4. The molecule has 29 heavy (non-hydrogen) atoms. The van der Waals surface area contributed by atoms with Crippen LogP contribution in [0, 0.1) is 6.92 Å². The Labute approximate surface area is 180 Å². The van der Waals surface area contributed by atoms with Crippen molar-refractivity contribution in [1.29, 1.82) is 0 Å². The Morgan fingerprint density at radius 3 is 2.17 bits per heavy atom. The molecule has 2 aromatic rings. The lowest BCUT2D eigenvalue weighted by Crippen LogP contribution is -2.58. The van der Waals surface area contributed by atoms with Gasteiger partial charge in [-0.2, -0.15) is 0 Å². The fourth-order valence-corrected chi connectivity index (χ4v) is 4.39. The van der Waals surface area contributed by atoms with Gasteiger partial charge in [-0.15, -0.1) is 0 Å². The van der Waals surface area contributed by atoms with Crippen LogP contribution in [0.15, 0.2) is 40.9 Å². The lowest BCUT2D eigenvalue weighted by Gasteiger charge is -2.43. The van der Waals surface area contributed by atoms with Crippen LogP contribution >= 0.6 is 15.9 Å². The van der Waals surface area contributed by atoms with E-state index in [1.165, 1.54) is 0 Å². The zero-order chi connectivity index (χ0) is 21.6. The van der Waals surface area contributed by atoms with Gasteiger partial charge in [0, 0.05) is 4.47 Å². The van der Waals surface area contributed by atoms with Gasteiger partial charge in [0.25, 0.3) is 0 Å². The van der Waals surface area contributed by atoms with Gasteiger partial charge in [-0.1, -0.05) is 28.9 Å². The van der Waals surface area contributed by atoms with Crippen molar-refractivity contribution in [2.75, 3.05) is 0 Å². The first-order chi connectivity index (χ1) is 13.5. The van der Waals surface area contributed by atoms with Crippen molar-refractivity contribution in [2.45, 2.75) is 65.1 Å². The van der Waals surface area contributed by atoms with E-state index in [4.69, 9.17) is 9.47 Å². The van der Waals surface area contributed by atoms with E-state index in [9.17, 15) is 9.59 Å². The molecule has 0 saturated carbocycles. The van der Waals surface area contributed by atoms with Crippen LogP contribution in [0.2, 0.25) is 0 Å². The maximum Gasteiger partial charge on any atom is 0.179 e. The molecule has 5 heteroatoms. The highest BCUT2D eigenvalue weighted by Crippen LogP contribution is 2.41. The number of carbonyl (C=O) groups excluding carboxylic acids is 2. The number of carbonyl (C=O) groups is 2. The summed E-state index contributed by atoms with van der Waals surface area (Å²) in [6, 6.07) is 11.4. The number of aryl methyl sites for hydroxylation is 2. The molecule has 154 valence electrons. The highest BCUT2D eigenvalue weighted by Gasteiger charge is 2.53. The standard InChI is InChI=1S/C24H27BrO4/c1-7-15-8-10-17(28-19-11-9-16(25)12-14(19)2)13-18(15)20-21(26)23(3,4)29-24(5,6)22(20)27/h8-13,20H,7H2,1-6H3. The lowest BCUT2D eigenvalue weighted by molar-refractivity contribution is -0.184. The number of benzene rings is 2. The molecule has 0 spiro atoms.